The molecular formula is C18H22N4O. The van der Waals surface area contributed by atoms with Gasteiger partial charge in [-0.05, 0) is 25.7 Å². The van der Waals surface area contributed by atoms with E-state index in [1.807, 2.05) is 46.0 Å². The smallest absolute Gasteiger partial charge is 0.233 e. The molecule has 1 aromatic rings. The number of carbonyl (C=O) groups excluding carboxylic acids is 1. The van der Waals surface area contributed by atoms with Gasteiger partial charge in [-0.3, -0.25) is 9.48 Å². The summed E-state index contributed by atoms with van der Waals surface area (Å²) in [5, 5.41) is 8.52. The molecule has 3 aliphatic rings. The van der Waals surface area contributed by atoms with Crippen LogP contribution in [0.1, 0.15) is 37.3 Å². The first-order valence-electron chi connectivity index (χ1n) is 8.53. The van der Waals surface area contributed by atoms with Gasteiger partial charge in [0.2, 0.25) is 5.91 Å². The largest absolute Gasteiger partial charge is 0.337 e. The van der Waals surface area contributed by atoms with Crippen LogP contribution in [0.2, 0.25) is 0 Å². The molecule has 23 heavy (non-hydrogen) atoms. The molecule has 1 aromatic heterocycles. The van der Waals surface area contributed by atoms with Crippen molar-refractivity contribution in [2.24, 2.45) is 5.92 Å². The van der Waals surface area contributed by atoms with E-state index in [2.05, 4.69) is 16.5 Å². The van der Waals surface area contributed by atoms with E-state index in [0.717, 1.165) is 31.6 Å². The Bertz CT molecular complexity index is 652. The zero-order valence-corrected chi connectivity index (χ0v) is 13.2. The van der Waals surface area contributed by atoms with Gasteiger partial charge in [-0.15, -0.1) is 5.10 Å². The molecule has 2 aliphatic carbocycles. The third-order valence-electron chi connectivity index (χ3n) is 4.87. The van der Waals surface area contributed by atoms with Crippen LogP contribution in [0.5, 0.6) is 0 Å². The molecule has 0 unspecified atom stereocenters. The van der Waals surface area contributed by atoms with Crippen molar-refractivity contribution >= 4 is 5.91 Å². The third-order valence-corrected chi connectivity index (χ3v) is 4.87. The van der Waals surface area contributed by atoms with Crippen LogP contribution >= 0.6 is 0 Å². The zero-order chi connectivity index (χ0) is 15.6. The second-order valence-electron chi connectivity index (χ2n) is 6.65. The maximum Gasteiger partial charge on any atom is 0.233 e. The van der Waals surface area contributed by atoms with E-state index in [1.165, 1.54) is 12.8 Å². The van der Waals surface area contributed by atoms with Gasteiger partial charge in [0.15, 0.2) is 0 Å². The van der Waals surface area contributed by atoms with Gasteiger partial charge in [0.25, 0.3) is 0 Å². The molecule has 1 aliphatic heterocycles. The summed E-state index contributed by atoms with van der Waals surface area (Å²) < 4.78 is 1.92. The van der Waals surface area contributed by atoms with Crippen LogP contribution in [0, 0.1) is 5.92 Å². The first-order chi connectivity index (χ1) is 11.3. The molecule has 0 N–H and O–H groups in total. The van der Waals surface area contributed by atoms with Gasteiger partial charge >= 0.3 is 0 Å². The van der Waals surface area contributed by atoms with E-state index in [0.29, 0.717) is 5.92 Å². The van der Waals surface area contributed by atoms with Crippen LogP contribution in [0.4, 0.5) is 0 Å². The summed E-state index contributed by atoms with van der Waals surface area (Å²) in [6, 6.07) is 0.231. The average Bonchev–Trinajstić information content (AvgIpc) is 3.24. The first-order valence-corrected chi connectivity index (χ1v) is 8.53. The minimum absolute atomic E-state index is 0.150. The topological polar surface area (TPSA) is 51.0 Å². The summed E-state index contributed by atoms with van der Waals surface area (Å²) in [4.78, 5) is 14.9. The van der Waals surface area contributed by atoms with E-state index in [4.69, 9.17) is 0 Å². The average molecular weight is 310 g/mol. The lowest BCUT2D eigenvalue weighted by atomic mass is 10.1. The number of allylic oxidation sites excluding steroid dienone is 4. The van der Waals surface area contributed by atoms with Crippen molar-refractivity contribution in [1.29, 1.82) is 0 Å². The first kappa shape index (κ1) is 14.4. The van der Waals surface area contributed by atoms with Crippen molar-refractivity contribution in [3.05, 3.63) is 48.3 Å². The lowest BCUT2D eigenvalue weighted by Gasteiger charge is -2.26. The quantitative estimate of drug-likeness (QED) is 0.858. The summed E-state index contributed by atoms with van der Waals surface area (Å²) >= 11 is 0. The van der Waals surface area contributed by atoms with E-state index in [9.17, 15) is 4.79 Å². The number of aromatic nitrogens is 3. The van der Waals surface area contributed by atoms with Crippen LogP contribution in [0.25, 0.3) is 0 Å². The van der Waals surface area contributed by atoms with E-state index in [-0.39, 0.29) is 17.9 Å². The second-order valence-corrected chi connectivity index (χ2v) is 6.65. The Morgan fingerprint density at radius 3 is 2.65 bits per heavy atom. The molecule has 1 saturated carbocycles. The van der Waals surface area contributed by atoms with Gasteiger partial charge in [-0.25, -0.2) is 0 Å². The fourth-order valence-corrected chi connectivity index (χ4v) is 3.42. The summed E-state index contributed by atoms with van der Waals surface area (Å²) in [6.07, 6.45) is 18.4. The Morgan fingerprint density at radius 2 is 1.91 bits per heavy atom. The Hall–Kier alpha value is -2.17. The molecule has 2 heterocycles. The van der Waals surface area contributed by atoms with Gasteiger partial charge < -0.3 is 4.90 Å². The van der Waals surface area contributed by atoms with Gasteiger partial charge in [0.05, 0.1) is 24.2 Å². The number of nitrogens with zero attached hydrogens (tertiary/aromatic N) is 4. The molecule has 5 heteroatoms. The van der Waals surface area contributed by atoms with Crippen molar-refractivity contribution in [3.8, 4) is 0 Å². The molecule has 1 amide bonds. The maximum absolute atomic E-state index is 12.8. The number of hydrogen-bond acceptors (Lipinski definition) is 3. The van der Waals surface area contributed by atoms with Crippen LogP contribution < -0.4 is 0 Å². The summed E-state index contributed by atoms with van der Waals surface area (Å²) in [5.74, 6) is 0.674. The highest BCUT2D eigenvalue weighted by Crippen LogP contribution is 2.38. The van der Waals surface area contributed by atoms with E-state index in [1.54, 1.807) is 0 Å². The van der Waals surface area contributed by atoms with Crippen LogP contribution in [0.15, 0.2) is 42.7 Å². The monoisotopic (exact) mass is 310 g/mol. The Morgan fingerprint density at radius 1 is 1.13 bits per heavy atom. The standard InChI is InChI=1S/C18H22N4O/c23-18(15-6-3-1-2-4-7-15)22-11-5-8-16(22)12-21-13-17(19-20-21)14-9-10-14/h1-4,6-7,13-16H,5,8-12H2/t16-/m0/s1. The molecule has 120 valence electrons. The highest BCUT2D eigenvalue weighted by Gasteiger charge is 2.32. The van der Waals surface area contributed by atoms with Crippen molar-refractivity contribution in [2.45, 2.75) is 44.2 Å². The third kappa shape index (κ3) is 3.14. The number of rotatable bonds is 4. The molecule has 5 nitrogen and oxygen atoms in total. The summed E-state index contributed by atoms with van der Waals surface area (Å²) in [6.45, 7) is 1.60. The second kappa shape index (κ2) is 6.14. The molecule has 0 bridgehead atoms. The number of amides is 1. The number of likely N-dealkylation sites (tertiary alicyclic amines) is 1. The molecular weight excluding hydrogens is 288 g/mol. The molecule has 0 aromatic carbocycles. The fourth-order valence-electron chi connectivity index (χ4n) is 3.42. The molecule has 2 fully saturated rings. The maximum atomic E-state index is 12.8. The minimum Gasteiger partial charge on any atom is -0.337 e. The van der Waals surface area contributed by atoms with Gasteiger partial charge in [-0.1, -0.05) is 41.7 Å². The van der Waals surface area contributed by atoms with Gasteiger partial charge in [0, 0.05) is 18.7 Å². The number of carbonyl (C=O) groups is 1. The fraction of sp³-hybridized carbons (Fsp3) is 0.500. The number of hydrogen-bond donors (Lipinski definition) is 0. The molecule has 0 radical (unpaired) electrons. The van der Waals surface area contributed by atoms with E-state index >= 15 is 0 Å². The Kier molecular flexibility index (Phi) is 3.85. The lowest BCUT2D eigenvalue weighted by molar-refractivity contribution is -0.133. The van der Waals surface area contributed by atoms with Crippen molar-refractivity contribution in [3.63, 3.8) is 0 Å². The van der Waals surface area contributed by atoms with Crippen LogP contribution in [-0.4, -0.2) is 38.4 Å². The molecule has 1 atom stereocenters. The minimum atomic E-state index is -0.150. The summed E-state index contributed by atoms with van der Waals surface area (Å²) in [5.41, 5.74) is 1.11. The van der Waals surface area contributed by atoms with E-state index < -0.39 is 0 Å². The highest BCUT2D eigenvalue weighted by atomic mass is 16.2. The normalized spacial score (nSPS) is 24.3. The molecule has 4 rings (SSSR count). The highest BCUT2D eigenvalue weighted by molar-refractivity contribution is 5.83. The Balaban J connectivity index is 1.44. The van der Waals surface area contributed by atoms with Crippen molar-refractivity contribution < 1.29 is 4.79 Å². The summed E-state index contributed by atoms with van der Waals surface area (Å²) in [7, 11) is 0. The zero-order valence-electron chi connectivity index (χ0n) is 13.2. The molecule has 0 spiro atoms. The van der Waals surface area contributed by atoms with Gasteiger partial charge in [0.1, 0.15) is 0 Å². The van der Waals surface area contributed by atoms with Crippen molar-refractivity contribution in [1.82, 2.24) is 19.9 Å². The predicted molar refractivity (Wildman–Crippen MR) is 87.6 cm³/mol. The van der Waals surface area contributed by atoms with Gasteiger partial charge in [-0.2, -0.15) is 0 Å². The van der Waals surface area contributed by atoms with Crippen molar-refractivity contribution in [2.75, 3.05) is 6.54 Å². The lowest BCUT2D eigenvalue weighted by Crippen LogP contribution is -2.40. The molecule has 1 saturated heterocycles. The SMILES string of the molecule is O=C(C1C=CC=CC=C1)N1CCC[C@H]1Cn1cc(C2CC2)nn1. The van der Waals surface area contributed by atoms with Crippen LogP contribution in [-0.2, 0) is 11.3 Å². The predicted octanol–water partition coefficient (Wildman–Crippen LogP) is 2.44. The van der Waals surface area contributed by atoms with Crippen LogP contribution in [0.3, 0.4) is 0 Å². The Labute approximate surface area is 136 Å².